The predicted octanol–water partition coefficient (Wildman–Crippen LogP) is 1.92. The maximum atomic E-state index is 12.2. The monoisotopic (exact) mass is 275 g/mol. The van der Waals surface area contributed by atoms with E-state index in [0.29, 0.717) is 17.1 Å². The molecule has 0 saturated carbocycles. The molecule has 0 aliphatic carbocycles. The molecule has 2 heterocycles. The van der Waals surface area contributed by atoms with Crippen molar-refractivity contribution in [2.75, 3.05) is 13.1 Å². The highest BCUT2D eigenvalue weighted by Gasteiger charge is 2.29. The van der Waals surface area contributed by atoms with Gasteiger partial charge in [0, 0.05) is 25.4 Å². The second-order valence-electron chi connectivity index (χ2n) is 5.32. The Kier molecular flexibility index (Phi) is 3.14. The van der Waals surface area contributed by atoms with Gasteiger partial charge in [0.15, 0.2) is 5.76 Å². The number of morpholine rings is 1. The third-order valence-corrected chi connectivity index (χ3v) is 3.40. The highest BCUT2D eigenvalue weighted by Crippen LogP contribution is 2.33. The molecule has 0 amide bonds. The van der Waals surface area contributed by atoms with E-state index in [4.69, 9.17) is 9.47 Å². The maximum Gasteiger partial charge on any atom is 0.233 e. The number of Topliss-reactive ketones (excluding diaryl/α,β-unsaturated/α-hetero) is 1. The van der Waals surface area contributed by atoms with Gasteiger partial charge >= 0.3 is 0 Å². The summed E-state index contributed by atoms with van der Waals surface area (Å²) in [5.74, 6) is 0.653. The number of ether oxygens (including phenoxy) is 2. The fourth-order valence-electron chi connectivity index (χ4n) is 2.65. The summed E-state index contributed by atoms with van der Waals surface area (Å²) in [5, 5.41) is 9.42. The van der Waals surface area contributed by atoms with Crippen LogP contribution in [-0.4, -0.2) is 41.1 Å². The van der Waals surface area contributed by atoms with E-state index in [-0.39, 0.29) is 23.7 Å². The van der Waals surface area contributed by atoms with Gasteiger partial charge in [0.2, 0.25) is 5.78 Å². The minimum absolute atomic E-state index is 0.0893. The molecule has 20 heavy (non-hydrogen) atoms. The molecule has 5 heteroatoms. The number of rotatable bonds is 1. The van der Waals surface area contributed by atoms with Crippen LogP contribution in [0.3, 0.4) is 0 Å². The van der Waals surface area contributed by atoms with Crippen molar-refractivity contribution in [3.8, 4) is 11.5 Å². The highest BCUT2D eigenvalue weighted by molar-refractivity contribution is 6.12. The number of carbonyl (C=O) groups excluding carboxylic acids is 1. The first-order chi connectivity index (χ1) is 9.52. The van der Waals surface area contributed by atoms with E-state index < -0.39 is 0 Å². The van der Waals surface area contributed by atoms with Gasteiger partial charge < -0.3 is 19.5 Å². The number of phenolic OH excluding ortho intramolecular Hbond substituents is 1. The summed E-state index contributed by atoms with van der Waals surface area (Å²) in [6, 6.07) is 4.53. The number of fused-ring (bicyclic) bond motifs is 1. The first-order valence-corrected chi connectivity index (χ1v) is 6.70. The fourth-order valence-corrected chi connectivity index (χ4v) is 2.65. The minimum atomic E-state index is -0.146. The molecule has 2 aliphatic heterocycles. The lowest BCUT2D eigenvalue weighted by atomic mass is 10.1. The van der Waals surface area contributed by atoms with Crippen LogP contribution in [0, 0.1) is 0 Å². The second kappa shape index (κ2) is 4.83. The molecular formula is C15H17NO4. The summed E-state index contributed by atoms with van der Waals surface area (Å²) in [7, 11) is 0. The van der Waals surface area contributed by atoms with E-state index in [0.717, 1.165) is 13.1 Å². The molecule has 2 aliphatic rings. The molecule has 0 spiro atoms. The second-order valence-corrected chi connectivity index (χ2v) is 5.32. The average Bonchev–Trinajstić information content (AvgIpc) is 2.64. The highest BCUT2D eigenvalue weighted by atomic mass is 16.5. The Hall–Kier alpha value is -2.01. The van der Waals surface area contributed by atoms with Crippen molar-refractivity contribution < 1.29 is 19.4 Å². The topological polar surface area (TPSA) is 59.0 Å². The zero-order chi connectivity index (χ0) is 14.3. The molecule has 3 rings (SSSR count). The lowest BCUT2D eigenvalue weighted by Crippen LogP contribution is -2.43. The predicted molar refractivity (Wildman–Crippen MR) is 72.7 cm³/mol. The summed E-state index contributed by atoms with van der Waals surface area (Å²) < 4.78 is 11.2. The number of phenols is 1. The van der Waals surface area contributed by atoms with Crippen LogP contribution in [0.15, 0.2) is 30.2 Å². The van der Waals surface area contributed by atoms with Gasteiger partial charge in [0.1, 0.15) is 11.5 Å². The Labute approximate surface area is 117 Å². The molecule has 1 aromatic carbocycles. The fraction of sp³-hybridized carbons (Fsp3) is 0.400. The van der Waals surface area contributed by atoms with Gasteiger partial charge in [-0.15, -0.1) is 0 Å². The molecule has 0 aromatic heterocycles. The number of carbonyl (C=O) groups is 1. The first kappa shape index (κ1) is 13.0. The molecule has 1 fully saturated rings. The van der Waals surface area contributed by atoms with Crippen molar-refractivity contribution in [1.82, 2.24) is 4.90 Å². The Morgan fingerprint density at radius 2 is 2.00 bits per heavy atom. The summed E-state index contributed by atoms with van der Waals surface area (Å²) in [6.45, 7) is 5.47. The summed E-state index contributed by atoms with van der Waals surface area (Å²) in [6.07, 6.45) is 1.99. The summed E-state index contributed by atoms with van der Waals surface area (Å²) in [5.41, 5.74) is 0.489. The van der Waals surface area contributed by atoms with E-state index in [1.54, 1.807) is 12.3 Å². The van der Waals surface area contributed by atoms with E-state index in [1.807, 2.05) is 18.7 Å². The van der Waals surface area contributed by atoms with Crippen molar-refractivity contribution in [2.45, 2.75) is 26.1 Å². The Morgan fingerprint density at radius 1 is 1.30 bits per heavy atom. The number of nitrogens with zero attached hydrogens (tertiary/aromatic N) is 1. The smallest absolute Gasteiger partial charge is 0.233 e. The molecule has 0 radical (unpaired) electrons. The molecule has 0 unspecified atom stereocenters. The number of hydrogen-bond donors (Lipinski definition) is 1. The number of ketones is 1. The lowest BCUT2D eigenvalue weighted by molar-refractivity contribution is -0.0546. The van der Waals surface area contributed by atoms with Crippen molar-refractivity contribution in [3.63, 3.8) is 0 Å². The quantitative estimate of drug-likeness (QED) is 0.793. The van der Waals surface area contributed by atoms with Crippen LogP contribution in [0.4, 0.5) is 0 Å². The van der Waals surface area contributed by atoms with Gasteiger partial charge in [0.05, 0.1) is 17.8 Å². The van der Waals surface area contributed by atoms with Crippen LogP contribution in [-0.2, 0) is 4.74 Å². The number of allylic oxidation sites excluding steroid dienone is 1. The number of aromatic hydroxyl groups is 1. The van der Waals surface area contributed by atoms with Crippen molar-refractivity contribution in [2.24, 2.45) is 0 Å². The van der Waals surface area contributed by atoms with Crippen molar-refractivity contribution >= 4 is 5.78 Å². The van der Waals surface area contributed by atoms with Crippen LogP contribution >= 0.6 is 0 Å². The SMILES string of the molecule is C[C@@H]1CN(/C=C2\Oc3cc(O)ccc3C2=O)C[C@H](C)O1. The van der Waals surface area contributed by atoms with Crippen LogP contribution in [0.2, 0.25) is 0 Å². The minimum Gasteiger partial charge on any atom is -0.508 e. The Morgan fingerprint density at radius 3 is 2.70 bits per heavy atom. The van der Waals surface area contributed by atoms with Gasteiger partial charge in [-0.05, 0) is 26.0 Å². The molecule has 106 valence electrons. The van der Waals surface area contributed by atoms with E-state index in [2.05, 4.69) is 0 Å². The molecule has 1 saturated heterocycles. The molecule has 0 bridgehead atoms. The Bertz CT molecular complexity index is 571. The maximum absolute atomic E-state index is 12.2. The van der Waals surface area contributed by atoms with Crippen molar-refractivity contribution in [1.29, 1.82) is 0 Å². The van der Waals surface area contributed by atoms with Crippen molar-refractivity contribution in [3.05, 3.63) is 35.7 Å². The van der Waals surface area contributed by atoms with Crippen LogP contribution in [0.25, 0.3) is 0 Å². The normalized spacial score (nSPS) is 27.6. The molecule has 1 N–H and O–H groups in total. The van der Waals surface area contributed by atoms with E-state index in [9.17, 15) is 9.90 Å². The number of benzene rings is 1. The van der Waals surface area contributed by atoms with Gasteiger partial charge in [-0.1, -0.05) is 0 Å². The average molecular weight is 275 g/mol. The standard InChI is InChI=1S/C15H17NO4/c1-9-6-16(7-10(2)19-9)8-14-15(18)12-4-3-11(17)5-13(12)20-14/h3-5,8-10,17H,6-7H2,1-2H3/b14-8-/t9-,10+. The first-order valence-electron chi connectivity index (χ1n) is 6.70. The van der Waals surface area contributed by atoms with Gasteiger partial charge in [-0.2, -0.15) is 0 Å². The zero-order valence-corrected chi connectivity index (χ0v) is 11.5. The van der Waals surface area contributed by atoms with E-state index >= 15 is 0 Å². The van der Waals surface area contributed by atoms with Crippen LogP contribution in [0.5, 0.6) is 11.5 Å². The Balaban J connectivity index is 1.82. The molecule has 2 atom stereocenters. The summed E-state index contributed by atoms with van der Waals surface area (Å²) in [4.78, 5) is 14.3. The van der Waals surface area contributed by atoms with Gasteiger partial charge in [-0.3, -0.25) is 4.79 Å². The molecule has 1 aromatic rings. The summed E-state index contributed by atoms with van der Waals surface area (Å²) >= 11 is 0. The largest absolute Gasteiger partial charge is 0.508 e. The van der Waals surface area contributed by atoms with Gasteiger partial charge in [0.25, 0.3) is 0 Å². The van der Waals surface area contributed by atoms with Crippen LogP contribution in [0.1, 0.15) is 24.2 Å². The third kappa shape index (κ3) is 2.36. The van der Waals surface area contributed by atoms with E-state index in [1.165, 1.54) is 12.1 Å². The molecular weight excluding hydrogens is 258 g/mol. The number of hydrogen-bond acceptors (Lipinski definition) is 5. The lowest BCUT2D eigenvalue weighted by Gasteiger charge is -2.34. The zero-order valence-electron chi connectivity index (χ0n) is 11.5. The van der Waals surface area contributed by atoms with Gasteiger partial charge in [-0.25, -0.2) is 0 Å². The third-order valence-electron chi connectivity index (χ3n) is 3.40. The van der Waals surface area contributed by atoms with Crippen LogP contribution < -0.4 is 4.74 Å². The molecule has 5 nitrogen and oxygen atoms in total.